The predicted octanol–water partition coefficient (Wildman–Crippen LogP) is 4.75. The molecule has 0 saturated heterocycles. The van der Waals surface area contributed by atoms with E-state index < -0.39 is 5.91 Å². The number of aromatic nitrogens is 1. The molecule has 28 heavy (non-hydrogen) atoms. The Labute approximate surface area is 166 Å². The van der Waals surface area contributed by atoms with Crippen molar-refractivity contribution in [3.05, 3.63) is 84.8 Å². The monoisotopic (exact) mass is 389 g/mol. The normalized spacial score (nSPS) is 10.4. The summed E-state index contributed by atoms with van der Waals surface area (Å²) in [4.78, 5) is 16.5. The van der Waals surface area contributed by atoms with Crippen LogP contribution in [0.5, 0.6) is 11.6 Å². The van der Waals surface area contributed by atoms with Gasteiger partial charge in [0, 0.05) is 29.4 Å². The van der Waals surface area contributed by atoms with Crippen LogP contribution in [0, 0.1) is 0 Å². The molecule has 2 N–H and O–H groups in total. The third-order valence-corrected chi connectivity index (χ3v) is 4.03. The van der Waals surface area contributed by atoms with E-state index in [1.165, 1.54) is 0 Å². The van der Waals surface area contributed by atoms with Gasteiger partial charge in [-0.3, -0.25) is 10.1 Å². The zero-order valence-corrected chi connectivity index (χ0v) is 15.4. The Morgan fingerprint density at radius 2 is 1.86 bits per heavy atom. The largest absolute Gasteiger partial charge is 0.451 e. The second kappa shape index (κ2) is 7.89. The standard InChI is InChI=1S/C21H15N3O3S/c25-20(18-12-14-6-1-2-9-17(14)27-18)24-21(28)23-15-7-5-8-16(13-15)26-19-10-3-4-11-22-19/h1-13H,(H2,23,24,25,28). The number of hydrogen-bond acceptors (Lipinski definition) is 5. The number of fused-ring (bicyclic) bond motifs is 1. The number of ether oxygens (including phenoxy) is 1. The summed E-state index contributed by atoms with van der Waals surface area (Å²) in [6.45, 7) is 0. The number of anilines is 1. The minimum atomic E-state index is -0.422. The van der Waals surface area contributed by atoms with Gasteiger partial charge in [-0.05, 0) is 42.5 Å². The minimum Gasteiger partial charge on any atom is -0.451 e. The first-order valence-corrected chi connectivity index (χ1v) is 8.88. The van der Waals surface area contributed by atoms with Crippen molar-refractivity contribution >= 4 is 39.9 Å². The second-order valence-electron chi connectivity index (χ2n) is 5.85. The van der Waals surface area contributed by atoms with Crippen LogP contribution in [0.2, 0.25) is 0 Å². The number of thiocarbonyl (C=S) groups is 1. The fourth-order valence-corrected chi connectivity index (χ4v) is 2.80. The molecule has 2 heterocycles. The summed E-state index contributed by atoms with van der Waals surface area (Å²) >= 11 is 5.23. The van der Waals surface area contributed by atoms with Crippen LogP contribution in [0.4, 0.5) is 5.69 Å². The summed E-state index contributed by atoms with van der Waals surface area (Å²) in [6.07, 6.45) is 1.65. The molecule has 0 fully saturated rings. The van der Waals surface area contributed by atoms with Gasteiger partial charge in [0.05, 0.1) is 0 Å². The molecule has 6 nitrogen and oxygen atoms in total. The topological polar surface area (TPSA) is 76.4 Å². The molecule has 0 aliphatic carbocycles. The van der Waals surface area contributed by atoms with Gasteiger partial charge in [0.15, 0.2) is 10.9 Å². The maximum Gasteiger partial charge on any atom is 0.293 e. The third kappa shape index (κ3) is 4.16. The Morgan fingerprint density at radius 1 is 1.00 bits per heavy atom. The summed E-state index contributed by atoms with van der Waals surface area (Å²) in [5.41, 5.74) is 1.31. The molecule has 0 atom stereocenters. The van der Waals surface area contributed by atoms with Gasteiger partial charge < -0.3 is 14.5 Å². The predicted molar refractivity (Wildman–Crippen MR) is 111 cm³/mol. The number of pyridine rings is 1. The first-order valence-electron chi connectivity index (χ1n) is 8.47. The van der Waals surface area contributed by atoms with E-state index in [2.05, 4.69) is 15.6 Å². The lowest BCUT2D eigenvalue weighted by molar-refractivity contribution is 0.0953. The molecule has 2 aromatic heterocycles. The van der Waals surface area contributed by atoms with Crippen molar-refractivity contribution in [3.63, 3.8) is 0 Å². The smallest absolute Gasteiger partial charge is 0.293 e. The van der Waals surface area contributed by atoms with Gasteiger partial charge in [-0.15, -0.1) is 0 Å². The van der Waals surface area contributed by atoms with Crippen LogP contribution in [-0.2, 0) is 0 Å². The fraction of sp³-hybridized carbons (Fsp3) is 0. The van der Waals surface area contributed by atoms with Crippen LogP contribution in [0.3, 0.4) is 0 Å². The maximum absolute atomic E-state index is 12.4. The number of amides is 1. The second-order valence-corrected chi connectivity index (χ2v) is 6.26. The molecule has 138 valence electrons. The van der Waals surface area contributed by atoms with E-state index in [-0.39, 0.29) is 10.9 Å². The molecule has 0 bridgehead atoms. The van der Waals surface area contributed by atoms with E-state index in [1.54, 1.807) is 36.5 Å². The van der Waals surface area contributed by atoms with Gasteiger partial charge in [0.25, 0.3) is 5.91 Å². The zero-order chi connectivity index (χ0) is 19.3. The van der Waals surface area contributed by atoms with Gasteiger partial charge in [-0.2, -0.15) is 0 Å². The van der Waals surface area contributed by atoms with Crippen molar-refractivity contribution in [1.29, 1.82) is 0 Å². The lowest BCUT2D eigenvalue weighted by atomic mass is 10.2. The first-order chi connectivity index (χ1) is 13.7. The Kier molecular flexibility index (Phi) is 4.99. The number of para-hydroxylation sites is 1. The summed E-state index contributed by atoms with van der Waals surface area (Å²) < 4.78 is 11.2. The van der Waals surface area contributed by atoms with Crippen molar-refractivity contribution < 1.29 is 13.9 Å². The molecule has 7 heteroatoms. The Morgan fingerprint density at radius 3 is 2.68 bits per heavy atom. The van der Waals surface area contributed by atoms with Crippen molar-refractivity contribution in [2.24, 2.45) is 0 Å². The van der Waals surface area contributed by atoms with Gasteiger partial charge in [-0.1, -0.05) is 30.3 Å². The van der Waals surface area contributed by atoms with Crippen LogP contribution in [0.25, 0.3) is 11.0 Å². The molecular formula is C21H15N3O3S. The Balaban J connectivity index is 1.40. The van der Waals surface area contributed by atoms with E-state index in [0.29, 0.717) is 22.9 Å². The van der Waals surface area contributed by atoms with Crippen molar-refractivity contribution in [2.75, 3.05) is 5.32 Å². The Hall–Kier alpha value is -3.71. The van der Waals surface area contributed by atoms with Gasteiger partial charge in [-0.25, -0.2) is 4.98 Å². The molecular weight excluding hydrogens is 374 g/mol. The molecule has 0 saturated carbocycles. The number of rotatable bonds is 4. The highest BCUT2D eigenvalue weighted by molar-refractivity contribution is 7.80. The molecule has 1 amide bonds. The lowest BCUT2D eigenvalue weighted by Crippen LogP contribution is -2.33. The average Bonchev–Trinajstić information content (AvgIpc) is 3.13. The third-order valence-electron chi connectivity index (χ3n) is 3.83. The van der Waals surface area contributed by atoms with Gasteiger partial charge >= 0.3 is 0 Å². The van der Waals surface area contributed by atoms with E-state index >= 15 is 0 Å². The quantitative estimate of drug-likeness (QED) is 0.491. The van der Waals surface area contributed by atoms with E-state index in [9.17, 15) is 4.79 Å². The molecule has 2 aromatic carbocycles. The van der Waals surface area contributed by atoms with Crippen molar-refractivity contribution in [1.82, 2.24) is 10.3 Å². The number of carbonyl (C=O) groups is 1. The highest BCUT2D eigenvalue weighted by Gasteiger charge is 2.13. The van der Waals surface area contributed by atoms with Crippen LogP contribution >= 0.6 is 12.2 Å². The number of benzene rings is 2. The summed E-state index contributed by atoms with van der Waals surface area (Å²) in [5.74, 6) is 0.850. The van der Waals surface area contributed by atoms with E-state index in [4.69, 9.17) is 21.4 Å². The number of hydrogen-bond donors (Lipinski definition) is 2. The Bertz CT molecular complexity index is 1110. The highest BCUT2D eigenvalue weighted by atomic mass is 32.1. The number of furan rings is 1. The van der Waals surface area contributed by atoms with Gasteiger partial charge in [0.1, 0.15) is 11.3 Å². The molecule has 4 aromatic rings. The first kappa shape index (κ1) is 17.7. The molecule has 0 spiro atoms. The van der Waals surface area contributed by atoms with E-state index in [0.717, 1.165) is 5.39 Å². The number of carbonyl (C=O) groups excluding carboxylic acids is 1. The highest BCUT2D eigenvalue weighted by Crippen LogP contribution is 2.22. The molecule has 0 unspecified atom stereocenters. The number of nitrogens with zero attached hydrogens (tertiary/aromatic N) is 1. The molecule has 0 aliphatic heterocycles. The molecule has 4 rings (SSSR count). The van der Waals surface area contributed by atoms with Crippen molar-refractivity contribution in [3.8, 4) is 11.6 Å². The molecule has 0 aliphatic rings. The van der Waals surface area contributed by atoms with Crippen molar-refractivity contribution in [2.45, 2.75) is 0 Å². The summed E-state index contributed by atoms with van der Waals surface area (Å²) in [7, 11) is 0. The SMILES string of the molecule is O=C(NC(=S)Nc1cccc(Oc2ccccn2)c1)c1cc2ccccc2o1. The minimum absolute atomic E-state index is 0.153. The van der Waals surface area contributed by atoms with Crippen LogP contribution in [-0.4, -0.2) is 16.0 Å². The van der Waals surface area contributed by atoms with Crippen LogP contribution in [0.15, 0.2) is 83.4 Å². The summed E-state index contributed by atoms with van der Waals surface area (Å²) in [5, 5.41) is 6.58. The fourth-order valence-electron chi connectivity index (χ4n) is 2.59. The van der Waals surface area contributed by atoms with E-state index in [1.807, 2.05) is 42.5 Å². The maximum atomic E-state index is 12.4. The van der Waals surface area contributed by atoms with Crippen LogP contribution < -0.4 is 15.4 Å². The number of nitrogens with one attached hydrogen (secondary N) is 2. The lowest BCUT2D eigenvalue weighted by Gasteiger charge is -2.10. The average molecular weight is 389 g/mol. The van der Waals surface area contributed by atoms with Gasteiger partial charge in [0.2, 0.25) is 5.88 Å². The summed E-state index contributed by atoms with van der Waals surface area (Å²) in [6, 6.07) is 21.7. The van der Waals surface area contributed by atoms with Crippen LogP contribution in [0.1, 0.15) is 10.6 Å². The molecule has 0 radical (unpaired) electrons. The zero-order valence-electron chi connectivity index (χ0n) is 14.6.